The molecule has 0 aromatic carbocycles. The van der Waals surface area contributed by atoms with Crippen molar-refractivity contribution in [2.75, 3.05) is 50.1 Å². The molecule has 0 saturated carbocycles. The molecule has 22 heavy (non-hydrogen) atoms. The normalized spacial score (nSPS) is 24.3. The van der Waals surface area contributed by atoms with Gasteiger partial charge in [-0.05, 0) is 13.3 Å². The number of rotatable bonds is 3. The van der Waals surface area contributed by atoms with Crippen molar-refractivity contribution in [2.45, 2.75) is 25.8 Å². The molecular weight excluding hydrogens is 282 g/mol. The van der Waals surface area contributed by atoms with Crippen LogP contribution in [0.25, 0.3) is 0 Å². The third kappa shape index (κ3) is 2.24. The number of ether oxygens (including phenoxy) is 1. The van der Waals surface area contributed by atoms with Crippen molar-refractivity contribution < 1.29 is 9.53 Å². The first-order chi connectivity index (χ1) is 10.5. The monoisotopic (exact) mass is 305 g/mol. The SMILES string of the molecule is CCC12COC(=O)N1CCN(c1ncc(C)c(N(C)C)n1)C2. The van der Waals surface area contributed by atoms with Gasteiger partial charge in [-0.25, -0.2) is 9.78 Å². The Labute approximate surface area is 130 Å². The van der Waals surface area contributed by atoms with Crippen molar-refractivity contribution in [1.29, 1.82) is 0 Å². The first-order valence-corrected chi connectivity index (χ1v) is 7.67. The second kappa shape index (κ2) is 5.30. The highest BCUT2D eigenvalue weighted by Gasteiger charge is 2.50. The van der Waals surface area contributed by atoms with Crippen LogP contribution in [0.2, 0.25) is 0 Å². The lowest BCUT2D eigenvalue weighted by molar-refractivity contribution is 0.137. The number of cyclic esters (lactones) is 1. The Morgan fingerprint density at radius 2 is 2.18 bits per heavy atom. The minimum Gasteiger partial charge on any atom is -0.447 e. The smallest absolute Gasteiger partial charge is 0.410 e. The number of anilines is 2. The van der Waals surface area contributed by atoms with Crippen LogP contribution in [0.3, 0.4) is 0 Å². The molecule has 0 N–H and O–H groups in total. The number of carbonyl (C=O) groups is 1. The second-order valence-corrected chi connectivity index (χ2v) is 6.28. The number of amides is 1. The van der Waals surface area contributed by atoms with Crippen LogP contribution in [0.15, 0.2) is 6.20 Å². The number of nitrogens with zero attached hydrogens (tertiary/aromatic N) is 5. The highest BCUT2D eigenvalue weighted by Crippen LogP contribution is 2.33. The zero-order chi connectivity index (χ0) is 15.9. The van der Waals surface area contributed by atoms with E-state index in [4.69, 9.17) is 9.72 Å². The van der Waals surface area contributed by atoms with Crippen molar-refractivity contribution in [3.63, 3.8) is 0 Å². The van der Waals surface area contributed by atoms with Gasteiger partial charge in [-0.1, -0.05) is 6.92 Å². The molecule has 1 aromatic rings. The minimum atomic E-state index is -0.248. The van der Waals surface area contributed by atoms with Crippen LogP contribution in [-0.4, -0.2) is 66.8 Å². The summed E-state index contributed by atoms with van der Waals surface area (Å²) >= 11 is 0. The molecule has 0 bridgehead atoms. The Kier molecular flexibility index (Phi) is 3.58. The van der Waals surface area contributed by atoms with E-state index in [1.165, 1.54) is 0 Å². The summed E-state index contributed by atoms with van der Waals surface area (Å²) in [6.45, 7) is 6.65. The topological polar surface area (TPSA) is 61.8 Å². The molecule has 0 radical (unpaired) electrons. The van der Waals surface area contributed by atoms with Gasteiger partial charge in [0.2, 0.25) is 5.95 Å². The Bertz CT molecular complexity index is 591. The fraction of sp³-hybridized carbons (Fsp3) is 0.667. The molecule has 2 fully saturated rings. The van der Waals surface area contributed by atoms with Crippen LogP contribution in [0.5, 0.6) is 0 Å². The highest BCUT2D eigenvalue weighted by atomic mass is 16.6. The summed E-state index contributed by atoms with van der Waals surface area (Å²) < 4.78 is 5.27. The molecule has 1 atom stereocenters. The summed E-state index contributed by atoms with van der Waals surface area (Å²) in [5, 5.41) is 0. The van der Waals surface area contributed by atoms with Crippen molar-refractivity contribution in [2.24, 2.45) is 0 Å². The molecule has 3 heterocycles. The second-order valence-electron chi connectivity index (χ2n) is 6.28. The van der Waals surface area contributed by atoms with E-state index >= 15 is 0 Å². The maximum Gasteiger partial charge on any atom is 0.410 e. The molecule has 7 heteroatoms. The van der Waals surface area contributed by atoms with Gasteiger partial charge in [-0.2, -0.15) is 4.98 Å². The van der Waals surface area contributed by atoms with E-state index in [9.17, 15) is 4.79 Å². The summed E-state index contributed by atoms with van der Waals surface area (Å²) in [6, 6.07) is 0. The number of aryl methyl sites for hydroxylation is 1. The molecule has 3 rings (SSSR count). The predicted octanol–water partition coefficient (Wildman–Crippen LogP) is 1.27. The fourth-order valence-electron chi connectivity index (χ4n) is 3.26. The van der Waals surface area contributed by atoms with Crippen LogP contribution in [0, 0.1) is 6.92 Å². The first-order valence-electron chi connectivity index (χ1n) is 7.67. The van der Waals surface area contributed by atoms with Crippen LogP contribution in [-0.2, 0) is 4.74 Å². The maximum absolute atomic E-state index is 11.9. The molecule has 7 nitrogen and oxygen atoms in total. The molecular formula is C15H23N5O2. The zero-order valence-corrected chi connectivity index (χ0v) is 13.7. The molecule has 120 valence electrons. The lowest BCUT2D eigenvalue weighted by Crippen LogP contribution is -2.61. The Morgan fingerprint density at radius 1 is 1.41 bits per heavy atom. The lowest BCUT2D eigenvalue weighted by atomic mass is 9.93. The molecule has 2 aliphatic rings. The fourth-order valence-corrected chi connectivity index (χ4v) is 3.26. The number of fused-ring (bicyclic) bond motifs is 1. The lowest BCUT2D eigenvalue weighted by Gasteiger charge is -2.44. The van der Waals surface area contributed by atoms with Crippen LogP contribution >= 0.6 is 0 Å². The van der Waals surface area contributed by atoms with Gasteiger partial charge in [0, 0.05) is 45.5 Å². The van der Waals surface area contributed by atoms with Gasteiger partial charge in [0.15, 0.2) is 0 Å². The first kappa shape index (κ1) is 14.9. The van der Waals surface area contributed by atoms with Gasteiger partial charge in [0.1, 0.15) is 12.4 Å². The minimum absolute atomic E-state index is 0.194. The third-order valence-corrected chi connectivity index (χ3v) is 4.63. The highest BCUT2D eigenvalue weighted by molar-refractivity contribution is 5.72. The standard InChI is InChI=1S/C15H23N5O2/c1-5-15-9-19(6-7-20(15)14(21)22-10-15)13-16-8-11(2)12(17-13)18(3)4/h8H,5-7,9-10H2,1-4H3. The maximum atomic E-state index is 11.9. The molecule has 0 aliphatic carbocycles. The third-order valence-electron chi connectivity index (χ3n) is 4.63. The van der Waals surface area contributed by atoms with Crippen molar-refractivity contribution in [3.8, 4) is 0 Å². The molecule has 1 amide bonds. The van der Waals surface area contributed by atoms with Gasteiger partial charge in [0.05, 0.1) is 5.54 Å². The van der Waals surface area contributed by atoms with Gasteiger partial charge < -0.3 is 14.5 Å². The van der Waals surface area contributed by atoms with Gasteiger partial charge in [-0.15, -0.1) is 0 Å². The van der Waals surface area contributed by atoms with Crippen LogP contribution in [0.1, 0.15) is 18.9 Å². The molecule has 0 spiro atoms. The van der Waals surface area contributed by atoms with E-state index in [0.717, 1.165) is 30.3 Å². The van der Waals surface area contributed by atoms with E-state index in [1.807, 2.05) is 37.0 Å². The predicted molar refractivity (Wildman–Crippen MR) is 84.4 cm³/mol. The van der Waals surface area contributed by atoms with Gasteiger partial charge in [-0.3, -0.25) is 4.90 Å². The summed E-state index contributed by atoms with van der Waals surface area (Å²) in [6.07, 6.45) is 2.53. The number of carbonyl (C=O) groups excluding carboxylic acids is 1. The summed E-state index contributed by atoms with van der Waals surface area (Å²) in [5.41, 5.74) is 0.805. The summed E-state index contributed by atoms with van der Waals surface area (Å²) in [7, 11) is 3.96. The number of piperazine rings is 1. The number of hydrogen-bond donors (Lipinski definition) is 0. The average Bonchev–Trinajstić information content (AvgIpc) is 2.85. The summed E-state index contributed by atoms with van der Waals surface area (Å²) in [4.78, 5) is 27.1. The van der Waals surface area contributed by atoms with E-state index in [0.29, 0.717) is 19.7 Å². The van der Waals surface area contributed by atoms with E-state index in [2.05, 4.69) is 16.8 Å². The van der Waals surface area contributed by atoms with Crippen LogP contribution < -0.4 is 9.80 Å². The van der Waals surface area contributed by atoms with Crippen molar-refractivity contribution in [3.05, 3.63) is 11.8 Å². The number of aromatic nitrogens is 2. The largest absolute Gasteiger partial charge is 0.447 e. The molecule has 2 aliphatic heterocycles. The Balaban J connectivity index is 1.88. The van der Waals surface area contributed by atoms with Crippen LogP contribution in [0.4, 0.5) is 16.6 Å². The van der Waals surface area contributed by atoms with E-state index in [1.54, 1.807) is 0 Å². The Hall–Kier alpha value is -2.05. The number of hydrogen-bond acceptors (Lipinski definition) is 6. The van der Waals surface area contributed by atoms with Crippen molar-refractivity contribution >= 4 is 17.9 Å². The quantitative estimate of drug-likeness (QED) is 0.838. The Morgan fingerprint density at radius 3 is 2.86 bits per heavy atom. The molecule has 1 aromatic heterocycles. The van der Waals surface area contributed by atoms with E-state index < -0.39 is 0 Å². The zero-order valence-electron chi connectivity index (χ0n) is 13.7. The van der Waals surface area contributed by atoms with Gasteiger partial charge in [0.25, 0.3) is 0 Å². The molecule has 1 unspecified atom stereocenters. The average molecular weight is 305 g/mol. The van der Waals surface area contributed by atoms with Gasteiger partial charge >= 0.3 is 6.09 Å². The van der Waals surface area contributed by atoms with Crippen molar-refractivity contribution in [1.82, 2.24) is 14.9 Å². The molecule has 2 saturated heterocycles. The summed E-state index contributed by atoms with van der Waals surface area (Å²) in [5.74, 6) is 1.65. The van der Waals surface area contributed by atoms with E-state index in [-0.39, 0.29) is 11.6 Å².